The number of rotatable bonds is 3. The van der Waals surface area contributed by atoms with Gasteiger partial charge in [0.1, 0.15) is 0 Å². The van der Waals surface area contributed by atoms with Crippen molar-refractivity contribution in [3.05, 3.63) is 58.9 Å². The molecule has 3 aromatic rings. The molecule has 1 aliphatic heterocycles. The fraction of sp³-hybridized carbons (Fsp3) is 0.300. The SMILES string of the molecule is COc1ccc(C(=O)N2CCC(c3nc4ccccc4s3)CC2)cc1F. The first-order chi connectivity index (χ1) is 12.7. The summed E-state index contributed by atoms with van der Waals surface area (Å²) in [5.41, 5.74) is 1.40. The minimum Gasteiger partial charge on any atom is -0.494 e. The Kier molecular flexibility index (Phi) is 4.59. The topological polar surface area (TPSA) is 42.4 Å². The van der Waals surface area contributed by atoms with Crippen molar-refractivity contribution < 1.29 is 13.9 Å². The third-order valence-electron chi connectivity index (χ3n) is 4.84. The largest absolute Gasteiger partial charge is 0.494 e. The van der Waals surface area contributed by atoms with Gasteiger partial charge in [0.15, 0.2) is 11.6 Å². The smallest absolute Gasteiger partial charge is 0.253 e. The van der Waals surface area contributed by atoms with E-state index in [4.69, 9.17) is 9.72 Å². The van der Waals surface area contributed by atoms with Gasteiger partial charge in [-0.15, -0.1) is 11.3 Å². The Bertz CT molecular complexity index is 915. The second kappa shape index (κ2) is 7.03. The Morgan fingerprint density at radius 2 is 2.00 bits per heavy atom. The number of aromatic nitrogens is 1. The lowest BCUT2D eigenvalue weighted by molar-refractivity contribution is 0.0712. The van der Waals surface area contributed by atoms with Gasteiger partial charge in [-0.3, -0.25) is 4.79 Å². The number of carbonyl (C=O) groups is 1. The second-order valence-electron chi connectivity index (χ2n) is 6.44. The summed E-state index contributed by atoms with van der Waals surface area (Å²) < 4.78 is 20.0. The monoisotopic (exact) mass is 370 g/mol. The maximum absolute atomic E-state index is 13.9. The maximum Gasteiger partial charge on any atom is 0.253 e. The first-order valence-electron chi connectivity index (χ1n) is 8.64. The van der Waals surface area contributed by atoms with Crippen molar-refractivity contribution >= 4 is 27.5 Å². The molecule has 0 saturated carbocycles. The predicted octanol–water partition coefficient (Wildman–Crippen LogP) is 4.46. The van der Waals surface area contributed by atoms with Crippen molar-refractivity contribution in [1.29, 1.82) is 0 Å². The molecule has 0 unspecified atom stereocenters. The van der Waals surface area contributed by atoms with Crippen LogP contribution in [0.4, 0.5) is 4.39 Å². The van der Waals surface area contributed by atoms with Crippen molar-refractivity contribution in [2.24, 2.45) is 0 Å². The molecule has 1 amide bonds. The molecule has 4 rings (SSSR count). The highest BCUT2D eigenvalue weighted by molar-refractivity contribution is 7.18. The van der Waals surface area contributed by atoms with Crippen LogP contribution in [0.1, 0.15) is 34.1 Å². The molecular weight excluding hydrogens is 351 g/mol. The average Bonchev–Trinajstić information content (AvgIpc) is 3.11. The van der Waals surface area contributed by atoms with Crippen molar-refractivity contribution in [2.75, 3.05) is 20.2 Å². The molecule has 0 N–H and O–H groups in total. The van der Waals surface area contributed by atoms with E-state index in [0.29, 0.717) is 24.6 Å². The number of carbonyl (C=O) groups excluding carboxylic acids is 1. The zero-order chi connectivity index (χ0) is 18.1. The van der Waals surface area contributed by atoms with Crippen LogP contribution in [0.15, 0.2) is 42.5 Å². The molecule has 2 aromatic carbocycles. The summed E-state index contributed by atoms with van der Waals surface area (Å²) in [4.78, 5) is 19.2. The zero-order valence-corrected chi connectivity index (χ0v) is 15.3. The number of halogens is 1. The molecule has 2 heterocycles. The van der Waals surface area contributed by atoms with Gasteiger partial charge in [0.05, 0.1) is 22.3 Å². The van der Waals surface area contributed by atoms with E-state index in [1.54, 1.807) is 22.3 Å². The highest BCUT2D eigenvalue weighted by Gasteiger charge is 2.27. The Hall–Kier alpha value is -2.47. The van der Waals surface area contributed by atoms with E-state index in [0.717, 1.165) is 23.4 Å². The van der Waals surface area contributed by atoms with E-state index in [9.17, 15) is 9.18 Å². The molecule has 134 valence electrons. The van der Waals surface area contributed by atoms with Crippen LogP contribution >= 0.6 is 11.3 Å². The molecule has 0 aliphatic carbocycles. The molecule has 0 bridgehead atoms. The number of methoxy groups -OCH3 is 1. The third kappa shape index (κ3) is 3.17. The second-order valence-corrected chi connectivity index (χ2v) is 7.50. The van der Waals surface area contributed by atoms with Gasteiger partial charge in [0.2, 0.25) is 0 Å². The van der Waals surface area contributed by atoms with Crippen molar-refractivity contribution in [2.45, 2.75) is 18.8 Å². The lowest BCUT2D eigenvalue weighted by Crippen LogP contribution is -2.37. The summed E-state index contributed by atoms with van der Waals surface area (Å²) >= 11 is 1.74. The Morgan fingerprint density at radius 3 is 2.69 bits per heavy atom. The summed E-state index contributed by atoms with van der Waals surface area (Å²) in [7, 11) is 1.41. The van der Waals surface area contributed by atoms with Crippen LogP contribution in [-0.2, 0) is 0 Å². The van der Waals surface area contributed by atoms with Gasteiger partial charge in [-0.05, 0) is 43.2 Å². The molecule has 1 aliphatic rings. The number of benzene rings is 2. The number of nitrogens with zero attached hydrogens (tertiary/aromatic N) is 2. The Labute approximate surface area is 155 Å². The van der Waals surface area contributed by atoms with Gasteiger partial charge in [-0.25, -0.2) is 9.37 Å². The van der Waals surface area contributed by atoms with Crippen LogP contribution in [0.2, 0.25) is 0 Å². The first kappa shape index (κ1) is 17.0. The Morgan fingerprint density at radius 1 is 1.23 bits per heavy atom. The summed E-state index contributed by atoms with van der Waals surface area (Å²) in [6.07, 6.45) is 1.76. The minimum atomic E-state index is -0.511. The predicted molar refractivity (Wildman–Crippen MR) is 100 cm³/mol. The number of hydrogen-bond donors (Lipinski definition) is 0. The van der Waals surface area contributed by atoms with Crippen LogP contribution in [0.25, 0.3) is 10.2 Å². The molecule has 0 atom stereocenters. The summed E-state index contributed by atoms with van der Waals surface area (Å²) in [5, 5.41) is 1.15. The van der Waals surface area contributed by atoms with Gasteiger partial charge in [0.25, 0.3) is 5.91 Å². The van der Waals surface area contributed by atoms with Crippen LogP contribution in [0, 0.1) is 5.82 Å². The lowest BCUT2D eigenvalue weighted by Gasteiger charge is -2.31. The highest BCUT2D eigenvalue weighted by atomic mass is 32.1. The first-order valence-corrected chi connectivity index (χ1v) is 9.45. The number of likely N-dealkylation sites (tertiary alicyclic amines) is 1. The van der Waals surface area contributed by atoms with Crippen LogP contribution in [0.3, 0.4) is 0 Å². The Balaban J connectivity index is 1.44. The zero-order valence-electron chi connectivity index (χ0n) is 14.4. The quantitative estimate of drug-likeness (QED) is 0.683. The molecule has 0 spiro atoms. The molecule has 0 radical (unpaired) electrons. The number of thiazole rings is 1. The van der Waals surface area contributed by atoms with E-state index in [-0.39, 0.29) is 11.7 Å². The molecule has 1 aromatic heterocycles. The summed E-state index contributed by atoms with van der Waals surface area (Å²) in [6, 6.07) is 12.5. The van der Waals surface area contributed by atoms with Crippen LogP contribution < -0.4 is 4.74 Å². The molecule has 1 saturated heterocycles. The van der Waals surface area contributed by atoms with Crippen LogP contribution in [-0.4, -0.2) is 36.0 Å². The molecule has 1 fully saturated rings. The number of hydrogen-bond acceptors (Lipinski definition) is 4. The number of amides is 1. The van der Waals surface area contributed by atoms with E-state index in [1.165, 1.54) is 23.9 Å². The normalized spacial score (nSPS) is 15.4. The molecule has 6 heteroatoms. The van der Waals surface area contributed by atoms with Gasteiger partial charge in [0, 0.05) is 24.6 Å². The molecule has 4 nitrogen and oxygen atoms in total. The van der Waals surface area contributed by atoms with E-state index < -0.39 is 5.82 Å². The molecular formula is C20H19FN2O2S. The van der Waals surface area contributed by atoms with E-state index >= 15 is 0 Å². The van der Waals surface area contributed by atoms with Gasteiger partial charge < -0.3 is 9.64 Å². The lowest BCUT2D eigenvalue weighted by atomic mass is 9.97. The third-order valence-corrected chi connectivity index (χ3v) is 6.04. The fourth-order valence-electron chi connectivity index (χ4n) is 3.38. The minimum absolute atomic E-state index is 0.130. The summed E-state index contributed by atoms with van der Waals surface area (Å²) in [5.74, 6) is -0.114. The fourth-order valence-corrected chi connectivity index (χ4v) is 4.51. The maximum atomic E-state index is 13.9. The summed E-state index contributed by atoms with van der Waals surface area (Å²) in [6.45, 7) is 1.32. The number of para-hydroxylation sites is 1. The van der Waals surface area contributed by atoms with Gasteiger partial charge in [-0.2, -0.15) is 0 Å². The van der Waals surface area contributed by atoms with Crippen molar-refractivity contribution in [1.82, 2.24) is 9.88 Å². The highest BCUT2D eigenvalue weighted by Crippen LogP contribution is 2.34. The van der Waals surface area contributed by atoms with Gasteiger partial charge in [-0.1, -0.05) is 12.1 Å². The number of fused-ring (bicyclic) bond motifs is 1. The van der Waals surface area contributed by atoms with Crippen LogP contribution in [0.5, 0.6) is 5.75 Å². The standard InChI is InChI=1S/C20H19FN2O2S/c1-25-17-7-6-14(12-15(17)21)20(24)23-10-8-13(9-11-23)19-22-16-4-2-3-5-18(16)26-19/h2-7,12-13H,8-11H2,1H3. The average molecular weight is 370 g/mol. The number of ether oxygens (including phenoxy) is 1. The molecule has 26 heavy (non-hydrogen) atoms. The van der Waals surface area contributed by atoms with Crippen molar-refractivity contribution in [3.63, 3.8) is 0 Å². The van der Waals surface area contributed by atoms with Crippen molar-refractivity contribution in [3.8, 4) is 5.75 Å². The van der Waals surface area contributed by atoms with E-state index in [1.807, 2.05) is 18.2 Å². The number of piperidine rings is 1. The van der Waals surface area contributed by atoms with E-state index in [2.05, 4.69) is 6.07 Å². The van der Waals surface area contributed by atoms with Gasteiger partial charge >= 0.3 is 0 Å².